The lowest BCUT2D eigenvalue weighted by Crippen LogP contribution is -3.15. The van der Waals surface area contributed by atoms with Crippen LogP contribution < -0.4 is 15.5 Å². The molecule has 3 aromatic carbocycles. The second-order valence-electron chi connectivity index (χ2n) is 11.4. The molecule has 0 spiro atoms. The van der Waals surface area contributed by atoms with Gasteiger partial charge in [-0.25, -0.2) is 5.43 Å². The average molecular weight is 508 g/mol. The summed E-state index contributed by atoms with van der Waals surface area (Å²) in [5, 5.41) is 19.7. The molecule has 2 fully saturated rings. The van der Waals surface area contributed by atoms with E-state index in [1.165, 1.54) is 54.0 Å². The molecule has 0 radical (unpaired) electrons. The van der Waals surface area contributed by atoms with Gasteiger partial charge in [0.1, 0.15) is 6.04 Å². The van der Waals surface area contributed by atoms with E-state index in [-0.39, 0.29) is 6.04 Å². The smallest absolute Gasteiger partial charge is 0.156 e. The standard InChI is InChI=1S/C32H37N5O/c1-22-15-31(32(33)38)34-37(22)30-13-7-24(8-14-30)16-23-3-9-26(10-4-23)27-11-5-25(6-12-27)17-36-20-28-18-35(2)19-29(28)21-36/h3-15,22,28-29,34H,16-21H2,1-2H3,(H2,33,38). The predicted octanol–water partition coefficient (Wildman–Crippen LogP) is 2.58. The van der Waals surface area contributed by atoms with Crippen LogP contribution in [0, 0.1) is 17.2 Å². The number of hydrogen-bond acceptors (Lipinski definition) is 5. The minimum absolute atomic E-state index is 0.106. The van der Waals surface area contributed by atoms with E-state index in [4.69, 9.17) is 5.41 Å². The van der Waals surface area contributed by atoms with Gasteiger partial charge in [0.25, 0.3) is 0 Å². The summed E-state index contributed by atoms with van der Waals surface area (Å²) in [6.07, 6.45) is 2.70. The lowest BCUT2D eigenvalue weighted by molar-refractivity contribution is -0.886. The van der Waals surface area contributed by atoms with E-state index in [9.17, 15) is 5.11 Å². The van der Waals surface area contributed by atoms with Crippen molar-refractivity contribution in [2.24, 2.45) is 11.8 Å². The van der Waals surface area contributed by atoms with Crippen molar-refractivity contribution in [3.05, 3.63) is 101 Å². The highest BCUT2D eigenvalue weighted by Gasteiger charge is 2.38. The Hall–Kier alpha value is -3.45. The van der Waals surface area contributed by atoms with Crippen LogP contribution in [0.4, 0.5) is 5.69 Å². The lowest BCUT2D eigenvalue weighted by atomic mass is 9.99. The van der Waals surface area contributed by atoms with Crippen molar-refractivity contribution in [2.75, 3.05) is 33.2 Å². The monoisotopic (exact) mass is 507 g/mol. The normalized spacial score (nSPS) is 25.3. The molecule has 2 saturated heterocycles. The predicted molar refractivity (Wildman–Crippen MR) is 150 cm³/mol. The summed E-state index contributed by atoms with van der Waals surface area (Å²) in [5.41, 5.74) is 11.0. The quantitative estimate of drug-likeness (QED) is 0.340. The number of quaternary nitrogens is 1. The Labute approximate surface area is 225 Å². The van der Waals surface area contributed by atoms with Crippen LogP contribution in [0.3, 0.4) is 0 Å². The first-order valence-electron chi connectivity index (χ1n) is 13.7. The summed E-state index contributed by atoms with van der Waals surface area (Å²) in [5.74, 6) is 1.04. The molecule has 4 atom stereocenters. The van der Waals surface area contributed by atoms with E-state index in [0.29, 0.717) is 5.70 Å². The maximum atomic E-state index is 11.4. The van der Waals surface area contributed by atoms with Crippen LogP contribution in [0.25, 0.3) is 11.1 Å². The van der Waals surface area contributed by atoms with Gasteiger partial charge >= 0.3 is 0 Å². The SMILES string of the molecule is CC1C=C(C(=N)[O-])N[NH+]1c1ccc(Cc2ccc(-c3ccc(CN4CC5CN(C)CC5C4)cc3)cc2)cc1. The molecule has 0 bridgehead atoms. The molecule has 6 nitrogen and oxygen atoms in total. The van der Waals surface area contributed by atoms with Gasteiger partial charge in [0.2, 0.25) is 0 Å². The number of nitrogens with zero attached hydrogens (tertiary/aromatic N) is 2. The number of benzene rings is 3. The number of hydrogen-bond donors (Lipinski definition) is 3. The summed E-state index contributed by atoms with van der Waals surface area (Å²) >= 11 is 0. The van der Waals surface area contributed by atoms with Gasteiger partial charge in [0.05, 0.1) is 5.70 Å². The summed E-state index contributed by atoms with van der Waals surface area (Å²) in [6.45, 7) is 8.09. The molecule has 0 aromatic heterocycles. The minimum Gasteiger partial charge on any atom is -0.858 e. The molecule has 6 rings (SSSR count). The van der Waals surface area contributed by atoms with Gasteiger partial charge < -0.3 is 15.4 Å². The number of likely N-dealkylation sites (tertiary alicyclic amines) is 2. The number of fused-ring (bicyclic) bond motifs is 1. The maximum Gasteiger partial charge on any atom is 0.156 e. The van der Waals surface area contributed by atoms with Gasteiger partial charge in [-0.3, -0.25) is 4.90 Å². The van der Waals surface area contributed by atoms with E-state index in [0.717, 1.165) is 35.5 Å². The van der Waals surface area contributed by atoms with E-state index in [2.05, 4.69) is 95.1 Å². The van der Waals surface area contributed by atoms with Crippen LogP contribution in [-0.4, -0.2) is 55.0 Å². The third-order valence-corrected chi connectivity index (χ3v) is 8.45. The zero-order chi connectivity index (χ0) is 26.2. The van der Waals surface area contributed by atoms with Gasteiger partial charge in [-0.2, -0.15) is 5.01 Å². The van der Waals surface area contributed by atoms with Gasteiger partial charge in [-0.15, -0.1) is 0 Å². The van der Waals surface area contributed by atoms with Crippen molar-refractivity contribution in [3.63, 3.8) is 0 Å². The summed E-state index contributed by atoms with van der Waals surface area (Å²) < 4.78 is 0. The molecule has 3 heterocycles. The zero-order valence-corrected chi connectivity index (χ0v) is 22.3. The summed E-state index contributed by atoms with van der Waals surface area (Å²) in [7, 11) is 2.25. The Kier molecular flexibility index (Phi) is 6.78. The van der Waals surface area contributed by atoms with Crippen molar-refractivity contribution < 1.29 is 10.1 Å². The first-order valence-corrected chi connectivity index (χ1v) is 13.7. The molecule has 196 valence electrons. The van der Waals surface area contributed by atoms with Gasteiger partial charge in [-0.1, -0.05) is 60.7 Å². The maximum absolute atomic E-state index is 11.4. The second kappa shape index (κ2) is 10.4. The van der Waals surface area contributed by atoms with Crippen molar-refractivity contribution in [2.45, 2.75) is 25.9 Å². The Morgan fingerprint density at radius 2 is 1.37 bits per heavy atom. The fraction of sp³-hybridized carbons (Fsp3) is 0.344. The Bertz CT molecular complexity index is 1300. The molecule has 38 heavy (non-hydrogen) atoms. The highest BCUT2D eigenvalue weighted by Crippen LogP contribution is 2.31. The Morgan fingerprint density at radius 3 is 1.89 bits per heavy atom. The zero-order valence-electron chi connectivity index (χ0n) is 22.3. The second-order valence-corrected chi connectivity index (χ2v) is 11.4. The van der Waals surface area contributed by atoms with Crippen LogP contribution >= 0.6 is 0 Å². The molecule has 3 aromatic rings. The first-order chi connectivity index (χ1) is 18.4. The number of nitrogens with one attached hydrogen (secondary N) is 3. The minimum atomic E-state index is -0.666. The summed E-state index contributed by atoms with van der Waals surface area (Å²) in [4.78, 5) is 5.12. The van der Waals surface area contributed by atoms with Crippen molar-refractivity contribution in [3.8, 4) is 11.1 Å². The molecule has 0 aliphatic carbocycles. The van der Waals surface area contributed by atoms with Crippen LogP contribution in [0.5, 0.6) is 0 Å². The third kappa shape index (κ3) is 5.25. The molecule has 3 N–H and O–H groups in total. The molecule has 3 aliphatic heterocycles. The molecule has 0 amide bonds. The fourth-order valence-corrected chi connectivity index (χ4v) is 6.47. The van der Waals surface area contributed by atoms with Gasteiger partial charge in [-0.05, 0) is 60.0 Å². The summed E-state index contributed by atoms with van der Waals surface area (Å²) in [6, 6.07) is 26.6. The van der Waals surface area contributed by atoms with Gasteiger partial charge in [0, 0.05) is 56.8 Å². The van der Waals surface area contributed by atoms with Crippen LogP contribution in [-0.2, 0) is 13.0 Å². The molecule has 3 aliphatic rings. The van der Waals surface area contributed by atoms with Crippen molar-refractivity contribution >= 4 is 11.6 Å². The highest BCUT2D eigenvalue weighted by atomic mass is 16.3. The lowest BCUT2D eigenvalue weighted by Gasteiger charge is -2.19. The van der Waals surface area contributed by atoms with Gasteiger partial charge in [0.15, 0.2) is 5.69 Å². The van der Waals surface area contributed by atoms with Crippen molar-refractivity contribution in [1.29, 1.82) is 5.41 Å². The Balaban J connectivity index is 1.04. The molecular formula is C32H37N5O. The molecule has 6 heteroatoms. The topological polar surface area (TPSA) is 69.9 Å². The Morgan fingerprint density at radius 1 is 0.842 bits per heavy atom. The van der Waals surface area contributed by atoms with Crippen molar-refractivity contribution in [1.82, 2.24) is 15.2 Å². The van der Waals surface area contributed by atoms with E-state index < -0.39 is 5.90 Å². The van der Waals surface area contributed by atoms with Crippen LogP contribution in [0.2, 0.25) is 0 Å². The van der Waals surface area contributed by atoms with E-state index in [1.54, 1.807) is 0 Å². The highest BCUT2D eigenvalue weighted by molar-refractivity contribution is 5.86. The fourth-order valence-electron chi connectivity index (χ4n) is 6.47. The molecular weight excluding hydrogens is 470 g/mol. The van der Waals surface area contributed by atoms with Crippen LogP contribution in [0.1, 0.15) is 23.6 Å². The molecule has 0 saturated carbocycles. The van der Waals surface area contributed by atoms with E-state index in [1.807, 2.05) is 13.0 Å². The molecule has 4 unspecified atom stereocenters. The largest absolute Gasteiger partial charge is 0.858 e. The number of rotatable bonds is 7. The average Bonchev–Trinajstić information content (AvgIpc) is 3.58. The van der Waals surface area contributed by atoms with E-state index >= 15 is 0 Å². The van der Waals surface area contributed by atoms with Crippen LogP contribution in [0.15, 0.2) is 84.6 Å². The third-order valence-electron chi connectivity index (χ3n) is 8.45. The first kappa shape index (κ1) is 24.9.